The Hall–Kier alpha value is -2.84. The number of aromatic nitrogens is 3. The van der Waals surface area contributed by atoms with E-state index in [4.69, 9.17) is 33.3 Å². The van der Waals surface area contributed by atoms with Gasteiger partial charge in [-0.05, 0) is 42.0 Å². The highest BCUT2D eigenvalue weighted by molar-refractivity contribution is 7.80. The molecule has 0 atom stereocenters. The molecule has 3 rings (SSSR count). The van der Waals surface area contributed by atoms with E-state index in [9.17, 15) is 0 Å². The van der Waals surface area contributed by atoms with Crippen LogP contribution in [0.4, 0.5) is 11.6 Å². The summed E-state index contributed by atoms with van der Waals surface area (Å²) in [7, 11) is 3.17. The van der Waals surface area contributed by atoms with E-state index in [2.05, 4.69) is 20.7 Å². The van der Waals surface area contributed by atoms with Crippen molar-refractivity contribution in [1.82, 2.24) is 14.8 Å². The number of halogens is 1. The lowest BCUT2D eigenvalue weighted by molar-refractivity contribution is 0.355. The Labute approximate surface area is 167 Å². The SMILES string of the molecule is COc1ccc(NC(=S)Nc2ncn(Cc3ccc(Cl)cc3)n2)cc1OC. The van der Waals surface area contributed by atoms with E-state index in [0.717, 1.165) is 11.3 Å². The molecule has 0 saturated heterocycles. The molecule has 0 fully saturated rings. The average Bonchev–Trinajstić information content (AvgIpc) is 3.10. The maximum absolute atomic E-state index is 5.90. The number of hydrogen-bond acceptors (Lipinski definition) is 5. The molecule has 0 unspecified atom stereocenters. The van der Waals surface area contributed by atoms with Gasteiger partial charge in [0, 0.05) is 16.8 Å². The molecule has 0 aliphatic rings. The van der Waals surface area contributed by atoms with E-state index in [0.29, 0.717) is 34.1 Å². The van der Waals surface area contributed by atoms with Crippen molar-refractivity contribution >= 4 is 40.6 Å². The van der Waals surface area contributed by atoms with Crippen LogP contribution in [-0.2, 0) is 6.54 Å². The molecule has 27 heavy (non-hydrogen) atoms. The minimum absolute atomic E-state index is 0.367. The van der Waals surface area contributed by atoms with Gasteiger partial charge in [0.15, 0.2) is 16.6 Å². The Morgan fingerprint density at radius 3 is 2.52 bits per heavy atom. The van der Waals surface area contributed by atoms with Gasteiger partial charge in [0.1, 0.15) is 6.33 Å². The zero-order valence-corrected chi connectivity index (χ0v) is 16.3. The van der Waals surface area contributed by atoms with Crippen molar-refractivity contribution in [3.63, 3.8) is 0 Å². The molecule has 0 bridgehead atoms. The normalized spacial score (nSPS) is 10.3. The molecule has 0 aliphatic heterocycles. The summed E-state index contributed by atoms with van der Waals surface area (Å²) >= 11 is 11.2. The van der Waals surface area contributed by atoms with Crippen LogP contribution in [0, 0.1) is 0 Å². The van der Waals surface area contributed by atoms with Crippen LogP contribution in [0.25, 0.3) is 0 Å². The van der Waals surface area contributed by atoms with Gasteiger partial charge in [-0.3, -0.25) is 5.32 Å². The van der Waals surface area contributed by atoms with E-state index in [1.54, 1.807) is 37.4 Å². The molecule has 7 nitrogen and oxygen atoms in total. The van der Waals surface area contributed by atoms with Gasteiger partial charge in [0.05, 0.1) is 20.8 Å². The van der Waals surface area contributed by atoms with Crippen molar-refractivity contribution in [2.45, 2.75) is 6.54 Å². The number of rotatable bonds is 6. The number of nitrogens with one attached hydrogen (secondary N) is 2. The molecule has 1 aromatic heterocycles. The monoisotopic (exact) mass is 403 g/mol. The molecular weight excluding hydrogens is 386 g/mol. The molecule has 0 radical (unpaired) electrons. The molecular formula is C18H18ClN5O2S. The van der Waals surface area contributed by atoms with Crippen molar-refractivity contribution < 1.29 is 9.47 Å². The van der Waals surface area contributed by atoms with E-state index >= 15 is 0 Å². The van der Waals surface area contributed by atoms with Gasteiger partial charge < -0.3 is 14.8 Å². The maximum Gasteiger partial charge on any atom is 0.248 e. The van der Waals surface area contributed by atoms with Gasteiger partial charge in [-0.2, -0.15) is 0 Å². The van der Waals surface area contributed by atoms with Gasteiger partial charge >= 0.3 is 0 Å². The number of ether oxygens (including phenoxy) is 2. The molecule has 1 heterocycles. The molecule has 0 saturated carbocycles. The Balaban J connectivity index is 1.60. The molecule has 0 aliphatic carbocycles. The highest BCUT2D eigenvalue weighted by atomic mass is 35.5. The maximum atomic E-state index is 5.90. The number of hydrogen-bond donors (Lipinski definition) is 2. The molecule has 2 N–H and O–H groups in total. The van der Waals surface area contributed by atoms with Crippen LogP contribution in [0.15, 0.2) is 48.8 Å². The molecule has 0 amide bonds. The van der Waals surface area contributed by atoms with Crippen LogP contribution in [0.3, 0.4) is 0 Å². The number of nitrogens with zero attached hydrogens (tertiary/aromatic N) is 3. The lowest BCUT2D eigenvalue weighted by atomic mass is 10.2. The third-order valence-corrected chi connectivity index (χ3v) is 4.12. The minimum Gasteiger partial charge on any atom is -0.493 e. The summed E-state index contributed by atoms with van der Waals surface area (Å²) in [4.78, 5) is 4.22. The predicted molar refractivity (Wildman–Crippen MR) is 110 cm³/mol. The topological polar surface area (TPSA) is 73.2 Å². The van der Waals surface area contributed by atoms with Gasteiger partial charge in [0.25, 0.3) is 0 Å². The van der Waals surface area contributed by atoms with Crippen molar-refractivity contribution in [3.8, 4) is 11.5 Å². The lowest BCUT2D eigenvalue weighted by Crippen LogP contribution is -2.20. The second-order valence-electron chi connectivity index (χ2n) is 5.54. The summed E-state index contributed by atoms with van der Waals surface area (Å²) in [6, 6.07) is 13.0. The first-order valence-electron chi connectivity index (χ1n) is 8.01. The fourth-order valence-electron chi connectivity index (χ4n) is 2.38. The third kappa shape index (κ3) is 5.08. The van der Waals surface area contributed by atoms with Crippen molar-refractivity contribution in [1.29, 1.82) is 0 Å². The van der Waals surface area contributed by atoms with Crippen LogP contribution in [0.1, 0.15) is 5.56 Å². The molecule has 0 spiro atoms. The standard InChI is InChI=1S/C18H18ClN5O2S/c1-25-15-8-7-14(9-16(15)26-2)21-18(27)22-17-20-11-24(23-17)10-12-3-5-13(19)6-4-12/h3-9,11H,10H2,1-2H3,(H2,21,22,23,27). The van der Waals surface area contributed by atoms with Gasteiger partial charge in [0.2, 0.25) is 5.95 Å². The highest BCUT2D eigenvalue weighted by Crippen LogP contribution is 2.29. The fraction of sp³-hybridized carbons (Fsp3) is 0.167. The molecule has 140 valence electrons. The smallest absolute Gasteiger partial charge is 0.248 e. The first-order valence-corrected chi connectivity index (χ1v) is 8.80. The minimum atomic E-state index is 0.367. The summed E-state index contributed by atoms with van der Waals surface area (Å²) in [6.07, 6.45) is 1.63. The summed E-state index contributed by atoms with van der Waals surface area (Å²) in [6.45, 7) is 0.585. The molecule has 3 aromatic rings. The summed E-state index contributed by atoms with van der Waals surface area (Å²) in [5, 5.41) is 11.4. The highest BCUT2D eigenvalue weighted by Gasteiger charge is 2.08. The van der Waals surface area contributed by atoms with Gasteiger partial charge in [-0.15, -0.1) is 5.10 Å². The van der Waals surface area contributed by atoms with Gasteiger partial charge in [-0.25, -0.2) is 9.67 Å². The summed E-state index contributed by atoms with van der Waals surface area (Å²) in [5.74, 6) is 1.65. The summed E-state index contributed by atoms with van der Waals surface area (Å²) in [5.41, 5.74) is 1.83. The zero-order chi connectivity index (χ0) is 19.2. The van der Waals surface area contributed by atoms with Crippen LogP contribution in [0.2, 0.25) is 5.02 Å². The zero-order valence-electron chi connectivity index (χ0n) is 14.8. The van der Waals surface area contributed by atoms with E-state index in [1.165, 1.54) is 0 Å². The Morgan fingerprint density at radius 2 is 1.81 bits per heavy atom. The van der Waals surface area contributed by atoms with Gasteiger partial charge in [-0.1, -0.05) is 23.7 Å². The third-order valence-electron chi connectivity index (χ3n) is 3.66. The quantitative estimate of drug-likeness (QED) is 0.606. The van der Waals surface area contributed by atoms with Crippen LogP contribution >= 0.6 is 23.8 Å². The Morgan fingerprint density at radius 1 is 1.07 bits per heavy atom. The second kappa shape index (κ2) is 8.70. The van der Waals surface area contributed by atoms with Crippen molar-refractivity contribution in [2.24, 2.45) is 0 Å². The number of thiocarbonyl (C=S) groups is 1. The largest absolute Gasteiger partial charge is 0.493 e. The summed E-state index contributed by atoms with van der Waals surface area (Å²) < 4.78 is 12.2. The predicted octanol–water partition coefficient (Wildman–Crippen LogP) is 3.81. The van der Waals surface area contributed by atoms with Crippen LogP contribution < -0.4 is 20.1 Å². The van der Waals surface area contributed by atoms with E-state index in [-0.39, 0.29) is 0 Å². The number of methoxy groups -OCH3 is 2. The van der Waals surface area contributed by atoms with Crippen molar-refractivity contribution in [3.05, 3.63) is 59.4 Å². The molecule has 9 heteroatoms. The fourth-order valence-corrected chi connectivity index (χ4v) is 2.72. The first kappa shape index (κ1) is 18.9. The van der Waals surface area contributed by atoms with E-state index < -0.39 is 0 Å². The second-order valence-corrected chi connectivity index (χ2v) is 6.39. The number of benzene rings is 2. The van der Waals surface area contributed by atoms with Crippen molar-refractivity contribution in [2.75, 3.05) is 24.9 Å². The first-order chi connectivity index (χ1) is 13.1. The van der Waals surface area contributed by atoms with Crippen LogP contribution in [0.5, 0.6) is 11.5 Å². The average molecular weight is 404 g/mol. The molecule has 2 aromatic carbocycles. The Bertz CT molecular complexity index is 930. The lowest BCUT2D eigenvalue weighted by Gasteiger charge is -2.11. The van der Waals surface area contributed by atoms with E-state index in [1.807, 2.05) is 30.3 Å². The van der Waals surface area contributed by atoms with Crippen LogP contribution in [-0.4, -0.2) is 34.1 Å². The number of anilines is 2. The Kier molecular flexibility index (Phi) is 6.10.